The number of hydrogen-bond acceptors (Lipinski definition) is 4. The normalized spacial score (nSPS) is 11.0. The number of halogens is 8. The van der Waals surface area contributed by atoms with Gasteiger partial charge < -0.3 is 19.8 Å². The van der Waals surface area contributed by atoms with E-state index in [0.717, 1.165) is 4.44 Å². The minimum Gasteiger partial charge on any atom is -0.542 e. The molecule has 0 fully saturated rings. The first kappa shape index (κ1) is 25.8. The van der Waals surface area contributed by atoms with Crippen molar-refractivity contribution in [1.29, 1.82) is 0 Å². The molecule has 0 saturated carbocycles. The van der Waals surface area contributed by atoms with E-state index >= 15 is 0 Å². The zero-order valence-corrected chi connectivity index (χ0v) is 14.6. The molecular weight excluding hydrogens is 464 g/mol. The van der Waals surface area contributed by atoms with Gasteiger partial charge in [-0.15, -0.1) is 0 Å². The van der Waals surface area contributed by atoms with Crippen LogP contribution < -0.4 is 10.2 Å². The Hall–Kier alpha value is -0.101. The number of carboxylic acid groups (broad SMARTS) is 2. The second-order valence-electron chi connectivity index (χ2n) is 3.01. The van der Waals surface area contributed by atoms with Gasteiger partial charge in [-0.1, -0.05) is 0 Å². The molecule has 0 rings (SSSR count). The first-order valence-electron chi connectivity index (χ1n) is 4.89. The summed E-state index contributed by atoms with van der Waals surface area (Å²) >= 11 is -1.70. The van der Waals surface area contributed by atoms with Crippen molar-refractivity contribution in [2.75, 3.05) is 0 Å². The van der Waals surface area contributed by atoms with Crippen LogP contribution in [-0.2, 0) is 9.59 Å². The van der Waals surface area contributed by atoms with E-state index in [-0.39, 0.29) is 0 Å². The number of hydrogen-bond donors (Lipinski definition) is 0. The van der Waals surface area contributed by atoms with E-state index < -0.39 is 41.8 Å². The average Bonchev–Trinajstić information content (AvgIpc) is 2.25. The number of carbonyl (C=O) groups is 2. The van der Waals surface area contributed by atoms with Gasteiger partial charge in [-0.25, -0.2) is 0 Å². The summed E-state index contributed by atoms with van der Waals surface area (Å²) in [6.45, 7) is 2.15. The summed E-state index contributed by atoms with van der Waals surface area (Å²) in [5.41, 5.74) is 0. The SMILES string of the molecule is CCC[CH2][Sn+2]([Cl])[Cl].O=C([O-])C(F)(F)F.O=C([O-])C(F)(F)F. The third kappa shape index (κ3) is 25.2. The van der Waals surface area contributed by atoms with Crippen LogP contribution in [-0.4, -0.2) is 41.8 Å². The Morgan fingerprint density at radius 1 is 0.952 bits per heavy atom. The first-order chi connectivity index (χ1) is 9.16. The van der Waals surface area contributed by atoms with Crippen LogP contribution in [0.25, 0.3) is 0 Å². The topological polar surface area (TPSA) is 80.3 Å². The molecule has 0 aliphatic carbocycles. The Balaban J connectivity index is -0.000000231. The first-order valence-corrected chi connectivity index (χ1v) is 14.1. The zero-order chi connectivity index (χ0) is 17.9. The minimum absolute atomic E-state index is 1.13. The van der Waals surface area contributed by atoms with Crippen LogP contribution in [0.15, 0.2) is 0 Å². The molecule has 3 radical (unpaired) electrons. The fraction of sp³-hybridized carbons (Fsp3) is 0.750. The van der Waals surface area contributed by atoms with E-state index in [9.17, 15) is 26.3 Å². The summed E-state index contributed by atoms with van der Waals surface area (Å²) in [4.78, 5) is 17.6. The maximum atomic E-state index is 10.5. The molecule has 0 heterocycles. The van der Waals surface area contributed by atoms with Gasteiger partial charge in [0, 0.05) is 0 Å². The smallest absolute Gasteiger partial charge is 0.430 e. The maximum Gasteiger partial charge on any atom is 0.430 e. The molecule has 13 heteroatoms. The molecule has 0 aromatic rings. The van der Waals surface area contributed by atoms with Crippen LogP contribution in [0.3, 0.4) is 0 Å². The number of alkyl halides is 6. The summed E-state index contributed by atoms with van der Waals surface area (Å²) < 4.78 is 64.2. The molecule has 0 atom stereocenters. The van der Waals surface area contributed by atoms with Crippen molar-refractivity contribution in [3.05, 3.63) is 0 Å². The standard InChI is InChI=1S/C4H9.2C2HF3O2.2ClH.Sn/c1-3-4-2;2*3-2(4,5)1(6)7;;;/h1,3-4H2,2H3;2*(H,6,7);2*1H;/q;;;;;+4/p-4. The Morgan fingerprint density at radius 3 is 1.24 bits per heavy atom. The molecule has 0 aliphatic rings. The molecule has 0 bridgehead atoms. The molecule has 0 spiro atoms. The van der Waals surface area contributed by atoms with Crippen LogP contribution in [0, 0.1) is 0 Å². The van der Waals surface area contributed by atoms with Crippen LogP contribution in [0.4, 0.5) is 26.3 Å². The zero-order valence-electron chi connectivity index (χ0n) is 10.3. The minimum atomic E-state index is -5.19. The molecular formula is C8H9Cl2F6O4Sn. The second-order valence-corrected chi connectivity index (χ2v) is 13.8. The van der Waals surface area contributed by atoms with Crippen molar-refractivity contribution in [3.63, 3.8) is 0 Å². The summed E-state index contributed by atoms with van der Waals surface area (Å²) in [5.74, 6) is -6.01. The van der Waals surface area contributed by atoms with Crippen LogP contribution in [0.5, 0.6) is 0 Å². The largest absolute Gasteiger partial charge is 0.542 e. The van der Waals surface area contributed by atoms with Gasteiger partial charge >= 0.3 is 71.9 Å². The van der Waals surface area contributed by atoms with Crippen molar-refractivity contribution in [2.24, 2.45) is 0 Å². The van der Waals surface area contributed by atoms with Gasteiger partial charge in [-0.05, 0) is 0 Å². The predicted octanol–water partition coefficient (Wildman–Crippen LogP) is 1.35. The Kier molecular flexibility index (Phi) is 15.3. The van der Waals surface area contributed by atoms with Crippen molar-refractivity contribution in [3.8, 4) is 0 Å². The van der Waals surface area contributed by atoms with Gasteiger partial charge in [0.2, 0.25) is 0 Å². The van der Waals surface area contributed by atoms with E-state index in [1.807, 2.05) is 0 Å². The molecule has 0 aromatic carbocycles. The van der Waals surface area contributed by atoms with Gasteiger partial charge in [0.15, 0.2) is 0 Å². The molecule has 0 unspecified atom stereocenters. The van der Waals surface area contributed by atoms with Gasteiger partial charge in [0.05, 0.1) is 0 Å². The summed E-state index contributed by atoms with van der Waals surface area (Å²) in [6, 6.07) is 0. The predicted molar refractivity (Wildman–Crippen MR) is 59.3 cm³/mol. The van der Waals surface area contributed by atoms with E-state index in [1.165, 1.54) is 12.8 Å². The van der Waals surface area contributed by atoms with Crippen molar-refractivity contribution < 1.29 is 46.1 Å². The number of rotatable bonds is 3. The van der Waals surface area contributed by atoms with Crippen molar-refractivity contribution in [2.45, 2.75) is 36.6 Å². The van der Waals surface area contributed by atoms with Gasteiger partial charge in [0.1, 0.15) is 11.9 Å². The fourth-order valence-corrected chi connectivity index (χ4v) is 3.88. The van der Waals surface area contributed by atoms with Crippen molar-refractivity contribution >= 4 is 47.3 Å². The third-order valence-corrected chi connectivity index (χ3v) is 5.81. The molecule has 0 amide bonds. The van der Waals surface area contributed by atoms with Crippen LogP contribution in [0.1, 0.15) is 19.8 Å². The average molecular weight is 473 g/mol. The molecule has 0 saturated heterocycles. The van der Waals surface area contributed by atoms with Gasteiger partial charge in [-0.2, -0.15) is 26.3 Å². The third-order valence-electron chi connectivity index (χ3n) is 1.18. The molecule has 0 aliphatic heterocycles. The quantitative estimate of drug-likeness (QED) is 0.459. The van der Waals surface area contributed by atoms with Gasteiger partial charge in [-0.3, -0.25) is 0 Å². The monoisotopic (exact) mass is 473 g/mol. The number of aliphatic carboxylic acids is 2. The molecule has 0 aromatic heterocycles. The summed E-state index contributed by atoms with van der Waals surface area (Å²) in [7, 11) is 11.2. The fourth-order valence-electron chi connectivity index (χ4n) is 0.310. The van der Waals surface area contributed by atoms with E-state index in [1.54, 1.807) is 0 Å². The molecule has 21 heavy (non-hydrogen) atoms. The molecule has 0 N–H and O–H groups in total. The number of carbonyl (C=O) groups excluding carboxylic acids is 2. The van der Waals surface area contributed by atoms with E-state index in [2.05, 4.69) is 6.92 Å². The summed E-state index contributed by atoms with van der Waals surface area (Å²) in [5, 5.41) is 17.6. The van der Waals surface area contributed by atoms with Crippen LogP contribution in [0.2, 0.25) is 4.44 Å². The second kappa shape index (κ2) is 12.4. The van der Waals surface area contributed by atoms with E-state index in [4.69, 9.17) is 37.6 Å². The number of unbranched alkanes of at least 4 members (excludes halogenated alkanes) is 1. The molecule has 125 valence electrons. The van der Waals surface area contributed by atoms with Gasteiger partial charge in [0.25, 0.3) is 0 Å². The molecule has 4 nitrogen and oxygen atoms in total. The van der Waals surface area contributed by atoms with Crippen molar-refractivity contribution in [1.82, 2.24) is 0 Å². The Labute approximate surface area is 130 Å². The maximum absolute atomic E-state index is 10.5. The summed E-state index contributed by atoms with van der Waals surface area (Å²) in [6.07, 6.45) is -7.94. The van der Waals surface area contributed by atoms with E-state index in [0.29, 0.717) is 0 Å². The van der Waals surface area contributed by atoms with Crippen LogP contribution >= 0.6 is 17.8 Å². The number of carboxylic acids is 2. The Morgan fingerprint density at radius 2 is 1.19 bits per heavy atom. The Bertz CT molecular complexity index is 284.